The predicted molar refractivity (Wildman–Crippen MR) is 112 cm³/mol. The van der Waals surface area contributed by atoms with Crippen molar-refractivity contribution < 1.29 is 9.59 Å². The average molecular weight is 402 g/mol. The number of thiazole rings is 1. The first-order chi connectivity index (χ1) is 13.9. The van der Waals surface area contributed by atoms with E-state index >= 15 is 0 Å². The molecule has 1 aliphatic rings. The number of nitrogens with two attached hydrogens (primary N) is 1. The van der Waals surface area contributed by atoms with Crippen LogP contribution in [-0.4, -0.2) is 21.4 Å². The number of carbonyl (C=O) groups excluding carboxylic acids is 2. The Balaban J connectivity index is 1.73. The first kappa shape index (κ1) is 17.3. The lowest BCUT2D eigenvalue weighted by molar-refractivity contribution is 0.0880. The molecule has 2 amide bonds. The van der Waals surface area contributed by atoms with E-state index in [2.05, 4.69) is 10.3 Å². The third kappa shape index (κ3) is 2.57. The summed E-state index contributed by atoms with van der Waals surface area (Å²) in [4.78, 5) is 41.4. The lowest BCUT2D eigenvalue weighted by Gasteiger charge is -2.15. The molecule has 0 spiro atoms. The van der Waals surface area contributed by atoms with Crippen molar-refractivity contribution in [2.45, 2.75) is 6.92 Å². The quantitative estimate of drug-likeness (QED) is 0.502. The Morgan fingerprint density at radius 3 is 2.62 bits per heavy atom. The van der Waals surface area contributed by atoms with E-state index in [-0.39, 0.29) is 16.9 Å². The number of carbonyl (C=O) groups is 2. The summed E-state index contributed by atoms with van der Waals surface area (Å²) in [5, 5.41) is 2.99. The molecule has 7 nitrogen and oxygen atoms in total. The number of hydrogen-bond acceptors (Lipinski definition) is 6. The zero-order chi connectivity index (χ0) is 20.3. The number of benzene rings is 2. The van der Waals surface area contributed by atoms with Gasteiger partial charge in [0, 0.05) is 11.6 Å². The second kappa shape index (κ2) is 6.11. The van der Waals surface area contributed by atoms with Crippen molar-refractivity contribution in [3.63, 3.8) is 0 Å². The van der Waals surface area contributed by atoms with Gasteiger partial charge in [-0.15, -0.1) is 11.3 Å². The number of pyridine rings is 1. The Bertz CT molecular complexity index is 1380. The Kier molecular flexibility index (Phi) is 3.65. The molecule has 8 heteroatoms. The maximum atomic E-state index is 12.8. The van der Waals surface area contributed by atoms with Gasteiger partial charge in [-0.3, -0.25) is 24.3 Å². The minimum atomic E-state index is -0.610. The Hall–Kier alpha value is -3.78. The summed E-state index contributed by atoms with van der Waals surface area (Å²) in [6.45, 7) is 1.85. The number of aromatic nitrogens is 2. The van der Waals surface area contributed by atoms with Crippen LogP contribution in [0.1, 0.15) is 26.3 Å². The number of para-hydroxylation sites is 1. The average Bonchev–Trinajstić information content (AvgIpc) is 3.24. The standard InChI is InChI=1S/C21H14N4O3S/c1-10-6-7-11(21-23-13-4-2-3-5-15(13)29-21)8-14(10)25-16(26)9-12-17(18(25)22)20(28)24-19(12)27/h2-9H,22H2,1H3,(H,24,27,28). The molecule has 29 heavy (non-hydrogen) atoms. The second-order valence-electron chi connectivity index (χ2n) is 6.76. The number of rotatable bonds is 2. The molecule has 0 fully saturated rings. The molecule has 1 aliphatic heterocycles. The number of aryl methyl sites for hydroxylation is 1. The normalized spacial score (nSPS) is 13.0. The van der Waals surface area contributed by atoms with Crippen LogP contribution < -0.4 is 16.6 Å². The summed E-state index contributed by atoms with van der Waals surface area (Å²) in [6.07, 6.45) is 0. The highest BCUT2D eigenvalue weighted by Crippen LogP contribution is 2.32. The van der Waals surface area contributed by atoms with Gasteiger partial charge in [0.15, 0.2) is 0 Å². The lowest BCUT2D eigenvalue weighted by Crippen LogP contribution is -2.24. The van der Waals surface area contributed by atoms with Crippen molar-refractivity contribution in [2.24, 2.45) is 0 Å². The van der Waals surface area contributed by atoms with Crippen LogP contribution >= 0.6 is 11.3 Å². The third-order valence-corrected chi connectivity index (χ3v) is 6.03. The number of nitrogen functional groups attached to an aromatic ring is 1. The van der Waals surface area contributed by atoms with E-state index in [9.17, 15) is 14.4 Å². The minimum Gasteiger partial charge on any atom is -0.384 e. The molecule has 0 aliphatic carbocycles. The first-order valence-electron chi connectivity index (χ1n) is 8.82. The van der Waals surface area contributed by atoms with Crippen molar-refractivity contribution in [3.05, 3.63) is 75.6 Å². The summed E-state index contributed by atoms with van der Waals surface area (Å²) in [7, 11) is 0. The first-order valence-corrected chi connectivity index (χ1v) is 9.64. The highest BCUT2D eigenvalue weighted by atomic mass is 32.1. The molecule has 0 saturated heterocycles. The molecule has 142 valence electrons. The zero-order valence-electron chi connectivity index (χ0n) is 15.2. The van der Waals surface area contributed by atoms with Gasteiger partial charge in [0.25, 0.3) is 17.4 Å². The van der Waals surface area contributed by atoms with Crippen LogP contribution in [0.15, 0.2) is 53.3 Å². The van der Waals surface area contributed by atoms with Gasteiger partial charge in [0.1, 0.15) is 10.8 Å². The summed E-state index contributed by atoms with van der Waals surface area (Å²) >= 11 is 1.55. The minimum absolute atomic E-state index is 0.00808. The topological polar surface area (TPSA) is 107 Å². The fourth-order valence-electron chi connectivity index (χ4n) is 3.51. The van der Waals surface area contributed by atoms with Gasteiger partial charge in [-0.25, -0.2) is 4.98 Å². The van der Waals surface area contributed by atoms with Crippen LogP contribution in [0.3, 0.4) is 0 Å². The number of nitrogens with zero attached hydrogens (tertiary/aromatic N) is 2. The molecule has 0 atom stereocenters. The monoisotopic (exact) mass is 402 g/mol. The summed E-state index contributed by atoms with van der Waals surface area (Å²) in [6, 6.07) is 14.6. The summed E-state index contributed by atoms with van der Waals surface area (Å²) in [5.41, 5.74) is 8.81. The van der Waals surface area contributed by atoms with Crippen molar-refractivity contribution in [1.29, 1.82) is 0 Å². The van der Waals surface area contributed by atoms with Gasteiger partial charge >= 0.3 is 0 Å². The summed E-state index contributed by atoms with van der Waals surface area (Å²) < 4.78 is 2.33. The predicted octanol–water partition coefficient (Wildman–Crippen LogP) is 2.89. The molecular formula is C21H14N4O3S. The maximum absolute atomic E-state index is 12.8. The largest absolute Gasteiger partial charge is 0.384 e. The Labute approximate surface area is 168 Å². The lowest BCUT2D eigenvalue weighted by atomic mass is 10.1. The number of nitrogens with one attached hydrogen (secondary N) is 1. The van der Waals surface area contributed by atoms with E-state index in [4.69, 9.17) is 5.73 Å². The maximum Gasteiger partial charge on any atom is 0.262 e. The van der Waals surface area contributed by atoms with Crippen LogP contribution in [0.25, 0.3) is 26.5 Å². The smallest absolute Gasteiger partial charge is 0.262 e. The number of hydrogen-bond donors (Lipinski definition) is 2. The van der Waals surface area contributed by atoms with Crippen LogP contribution in [-0.2, 0) is 0 Å². The Morgan fingerprint density at radius 2 is 1.83 bits per heavy atom. The number of imide groups is 1. The molecule has 0 saturated carbocycles. The van der Waals surface area contributed by atoms with E-state index in [1.54, 1.807) is 11.3 Å². The third-order valence-electron chi connectivity index (χ3n) is 4.94. The molecule has 0 radical (unpaired) electrons. The number of amides is 2. The van der Waals surface area contributed by atoms with E-state index in [1.807, 2.05) is 49.4 Å². The van der Waals surface area contributed by atoms with E-state index < -0.39 is 17.4 Å². The molecule has 0 bridgehead atoms. The highest BCUT2D eigenvalue weighted by Gasteiger charge is 2.32. The van der Waals surface area contributed by atoms with Crippen molar-refractivity contribution in [2.75, 3.05) is 5.73 Å². The Morgan fingerprint density at radius 1 is 1.03 bits per heavy atom. The van der Waals surface area contributed by atoms with Crippen molar-refractivity contribution >= 4 is 39.2 Å². The molecule has 4 aromatic rings. The van der Waals surface area contributed by atoms with Crippen molar-refractivity contribution in [1.82, 2.24) is 14.9 Å². The van der Waals surface area contributed by atoms with Gasteiger partial charge in [0.05, 0.1) is 27.0 Å². The van der Waals surface area contributed by atoms with E-state index in [1.165, 1.54) is 4.57 Å². The molecule has 3 heterocycles. The molecule has 5 rings (SSSR count). The fraction of sp³-hybridized carbons (Fsp3) is 0.0476. The highest BCUT2D eigenvalue weighted by molar-refractivity contribution is 7.21. The molecular weight excluding hydrogens is 388 g/mol. The zero-order valence-corrected chi connectivity index (χ0v) is 16.0. The van der Waals surface area contributed by atoms with Crippen molar-refractivity contribution in [3.8, 4) is 16.3 Å². The van der Waals surface area contributed by atoms with E-state index in [0.29, 0.717) is 5.69 Å². The molecule has 0 unspecified atom stereocenters. The van der Waals surface area contributed by atoms with Gasteiger partial charge in [0.2, 0.25) is 0 Å². The number of anilines is 1. The molecule has 2 aromatic heterocycles. The summed E-state index contributed by atoms with van der Waals surface area (Å²) in [5.74, 6) is -1.27. The van der Waals surface area contributed by atoms with E-state index in [0.717, 1.165) is 32.4 Å². The van der Waals surface area contributed by atoms with Gasteiger partial charge in [-0.1, -0.05) is 24.3 Å². The van der Waals surface area contributed by atoms with Gasteiger partial charge in [-0.05, 0) is 30.7 Å². The van der Waals surface area contributed by atoms with Gasteiger partial charge in [-0.2, -0.15) is 0 Å². The number of fused-ring (bicyclic) bond motifs is 2. The molecule has 3 N–H and O–H groups in total. The second-order valence-corrected chi connectivity index (χ2v) is 7.79. The fourth-order valence-corrected chi connectivity index (χ4v) is 4.47. The van der Waals surface area contributed by atoms with Gasteiger partial charge < -0.3 is 5.73 Å². The molecule has 2 aromatic carbocycles. The van der Waals surface area contributed by atoms with Crippen LogP contribution in [0.2, 0.25) is 0 Å². The SMILES string of the molecule is Cc1ccc(-c2nc3ccccc3s2)cc1-n1c(N)c2c(cc1=O)C(=O)NC2=O. The van der Waals surface area contributed by atoms with Crippen LogP contribution in [0.5, 0.6) is 0 Å². The van der Waals surface area contributed by atoms with Crippen LogP contribution in [0.4, 0.5) is 5.82 Å². The van der Waals surface area contributed by atoms with Crippen LogP contribution in [0, 0.1) is 6.92 Å².